The second-order valence-electron chi connectivity index (χ2n) is 14.2. The van der Waals surface area contributed by atoms with E-state index in [1.54, 1.807) is 13.0 Å². The van der Waals surface area contributed by atoms with E-state index in [0.29, 0.717) is 10.7 Å². The van der Waals surface area contributed by atoms with Crippen LogP contribution in [0.1, 0.15) is 61.2 Å². The van der Waals surface area contributed by atoms with Crippen LogP contribution in [0.4, 0.5) is 5.13 Å². The van der Waals surface area contributed by atoms with Gasteiger partial charge >= 0.3 is 53.4 Å². The van der Waals surface area contributed by atoms with Gasteiger partial charge in [-0.05, 0) is 45.0 Å². The van der Waals surface area contributed by atoms with E-state index in [2.05, 4.69) is 36.4 Å². The summed E-state index contributed by atoms with van der Waals surface area (Å²) in [4.78, 5) is 116. The molecule has 3 aromatic heterocycles. The molecule has 0 aliphatic carbocycles. The van der Waals surface area contributed by atoms with Gasteiger partial charge in [0, 0.05) is 48.5 Å². The Labute approximate surface area is 392 Å². The largest absolute Gasteiger partial charge is 1.00 e. The number of fused-ring (bicyclic) bond motifs is 2. The fourth-order valence-electron chi connectivity index (χ4n) is 5.89. The van der Waals surface area contributed by atoms with Crippen LogP contribution in [0.25, 0.3) is 5.65 Å². The van der Waals surface area contributed by atoms with Gasteiger partial charge in [0.2, 0.25) is 11.5 Å². The molecule has 2 fully saturated rings. The number of hydrogen-bond donors (Lipinski definition) is 6. The molecule has 0 spiro atoms. The van der Waals surface area contributed by atoms with Crippen molar-refractivity contribution in [1.82, 2.24) is 40.7 Å². The first-order valence-corrected chi connectivity index (χ1v) is 20.9. The number of carbonyl (C=O) groups excluding carboxylic acids is 6. The standard InChI is InChI=1S/C36H36N10O13S3.Na.H/c1-15-8-23(46-26(39-15)19(10-38-46)31(52)53)61-13-36(33(55)56)12-45-29(51)25(30(45)62-14-36)41-28(50)24(20-11-60-34(37)40-20)44-59-35(4,5)32(54)43-42-27(49)18-6-7-21(57-16(2)47)22(9-18)58-17(3)48;;/h6-11,25,30H,12-14H2,1-5H3,(H2,37,40)(H,41,50)(H,42,49)(H,43,54)(H,52,53)(H,55,56);;/q;+1;-1/t25?,30-,36?;;/m1../s1. The molecule has 1 aromatic carbocycles. The quantitative estimate of drug-likeness (QED) is 0.0116. The van der Waals surface area contributed by atoms with Crippen molar-refractivity contribution in [3.05, 3.63) is 58.4 Å². The molecular formula is C36H37N10NaO13S3. The molecule has 6 rings (SSSR count). The molecule has 0 bridgehead atoms. The van der Waals surface area contributed by atoms with Crippen molar-refractivity contribution >= 4 is 98.9 Å². The normalized spacial score (nSPS) is 18.2. The molecule has 0 radical (unpaired) electrons. The number of carboxylic acids is 2. The van der Waals surface area contributed by atoms with Crippen molar-refractivity contribution < 1.29 is 93.9 Å². The number of hydrogen-bond acceptors (Lipinski definition) is 19. The molecule has 328 valence electrons. The number of thioether (sulfide) groups is 2. The molecule has 4 amide bonds. The molecule has 27 heteroatoms. The average Bonchev–Trinajstić information content (AvgIpc) is 3.84. The van der Waals surface area contributed by atoms with E-state index in [1.165, 1.54) is 40.8 Å². The van der Waals surface area contributed by atoms with Crippen molar-refractivity contribution in [2.24, 2.45) is 10.6 Å². The van der Waals surface area contributed by atoms with Gasteiger partial charge in [0.1, 0.15) is 33.1 Å². The molecule has 4 aromatic rings. The Morgan fingerprint density at radius 2 is 1.76 bits per heavy atom. The number of aliphatic carboxylic acids is 1. The summed E-state index contributed by atoms with van der Waals surface area (Å²) >= 11 is 3.25. The van der Waals surface area contributed by atoms with E-state index in [9.17, 15) is 48.6 Å². The number of nitrogen functional groups attached to an aromatic ring is 1. The van der Waals surface area contributed by atoms with Gasteiger partial charge in [0.25, 0.3) is 17.7 Å². The smallest absolute Gasteiger partial charge is 1.00 e. The number of carboxylic acid groups (broad SMARTS) is 2. The van der Waals surface area contributed by atoms with Crippen LogP contribution in [0.3, 0.4) is 0 Å². The van der Waals surface area contributed by atoms with Gasteiger partial charge in [0.05, 0.1) is 6.20 Å². The van der Waals surface area contributed by atoms with Gasteiger partial charge in [-0.1, -0.05) is 5.16 Å². The number of nitrogens with zero attached hydrogens (tertiary/aromatic N) is 6. The number of nitrogens with one attached hydrogen (secondary N) is 3. The maximum Gasteiger partial charge on any atom is 1.00 e. The summed E-state index contributed by atoms with van der Waals surface area (Å²) in [6.45, 7) is 6.26. The zero-order valence-corrected chi connectivity index (χ0v) is 38.6. The minimum atomic E-state index is -1.86. The number of thiazole rings is 1. The molecule has 2 saturated heterocycles. The molecule has 2 unspecified atom stereocenters. The van der Waals surface area contributed by atoms with Crippen LogP contribution in [0.15, 0.2) is 46.0 Å². The van der Waals surface area contributed by atoms with Gasteiger partial charge in [0.15, 0.2) is 28.0 Å². The Balaban J connectivity index is 0.00000449. The number of benzene rings is 1. The number of oxime groups is 1. The Bertz CT molecular complexity index is 2590. The van der Waals surface area contributed by atoms with Crippen LogP contribution in [0.2, 0.25) is 0 Å². The van der Waals surface area contributed by atoms with E-state index in [4.69, 9.17) is 20.0 Å². The van der Waals surface area contributed by atoms with Crippen LogP contribution < -0.4 is 60.9 Å². The maximum atomic E-state index is 13.7. The third-order valence-electron chi connectivity index (χ3n) is 9.07. The Morgan fingerprint density at radius 3 is 2.40 bits per heavy atom. The number of aryl methyl sites for hydroxylation is 1. The topological polar surface area (TPSA) is 325 Å². The van der Waals surface area contributed by atoms with E-state index in [-0.39, 0.29) is 88.1 Å². The van der Waals surface area contributed by atoms with Crippen molar-refractivity contribution in [3.63, 3.8) is 0 Å². The SMILES string of the molecule is CC(=O)Oc1ccc(C(=O)NNC(=O)C(C)(C)ON=C(C(=O)NC2C(=O)N3CC(CSc4cc(C)nc5c(C(=O)O)cnn45)(C(=O)O)CS[C@H]23)c2csc(N)n2)cc1OC(C)=O.[H-].[Na+]. The number of rotatable bonds is 14. The molecule has 7 N–H and O–H groups in total. The van der Waals surface area contributed by atoms with Crippen molar-refractivity contribution in [2.75, 3.05) is 23.8 Å². The Hall–Kier alpha value is -5.80. The number of aromatic nitrogens is 4. The minimum Gasteiger partial charge on any atom is -1.00 e. The second kappa shape index (κ2) is 19.3. The summed E-state index contributed by atoms with van der Waals surface area (Å²) in [5, 5.41) is 31.8. The molecular weight excluding hydrogens is 900 g/mol. The van der Waals surface area contributed by atoms with Crippen molar-refractivity contribution in [2.45, 2.75) is 56.7 Å². The zero-order valence-electron chi connectivity index (χ0n) is 35.1. The van der Waals surface area contributed by atoms with Crippen molar-refractivity contribution in [3.8, 4) is 11.5 Å². The minimum absolute atomic E-state index is 0. The number of aromatic carboxylic acids is 1. The second-order valence-corrected chi connectivity index (χ2v) is 17.2. The van der Waals surface area contributed by atoms with E-state index < -0.39 is 75.6 Å². The van der Waals surface area contributed by atoms with E-state index in [1.807, 2.05) is 0 Å². The van der Waals surface area contributed by atoms with E-state index in [0.717, 1.165) is 61.0 Å². The zero-order chi connectivity index (χ0) is 45.3. The number of amides is 4. The first-order chi connectivity index (χ1) is 29.2. The number of nitrogens with two attached hydrogens (primary N) is 1. The third-order valence-corrected chi connectivity index (χ3v) is 12.6. The molecule has 23 nitrogen and oxygen atoms in total. The van der Waals surface area contributed by atoms with Gasteiger partial charge in [-0.2, -0.15) is 5.10 Å². The van der Waals surface area contributed by atoms with Crippen LogP contribution in [-0.4, -0.2) is 123 Å². The molecule has 3 atom stereocenters. The average molecular weight is 937 g/mol. The predicted molar refractivity (Wildman–Crippen MR) is 219 cm³/mol. The monoisotopic (exact) mass is 936 g/mol. The van der Waals surface area contributed by atoms with E-state index >= 15 is 0 Å². The first-order valence-electron chi connectivity index (χ1n) is 18.0. The first kappa shape index (κ1) is 48.2. The summed E-state index contributed by atoms with van der Waals surface area (Å²) in [5.41, 5.74) is 6.74. The number of hydrazine groups is 1. The predicted octanol–water partition coefficient (Wildman–Crippen LogP) is -2.03. The van der Waals surface area contributed by atoms with Gasteiger partial charge in [-0.25, -0.2) is 19.3 Å². The van der Waals surface area contributed by atoms with Gasteiger partial charge in [-0.3, -0.25) is 44.4 Å². The number of ether oxygens (including phenoxy) is 2. The molecule has 63 heavy (non-hydrogen) atoms. The fourth-order valence-corrected chi connectivity index (χ4v) is 9.36. The number of esters is 2. The number of β-lactam (4-membered cyclic amide) rings is 1. The number of anilines is 1. The number of carbonyl (C=O) groups is 8. The van der Waals surface area contributed by atoms with Crippen LogP contribution in [0.5, 0.6) is 11.5 Å². The van der Waals surface area contributed by atoms with Crippen LogP contribution in [0, 0.1) is 12.3 Å². The fraction of sp³-hybridized carbons (Fsp3) is 0.333. The maximum absolute atomic E-state index is 13.7. The summed E-state index contributed by atoms with van der Waals surface area (Å²) in [5.74, 6) is -7.47. The summed E-state index contributed by atoms with van der Waals surface area (Å²) < 4.78 is 11.3. The van der Waals surface area contributed by atoms with Gasteiger partial charge < -0.3 is 41.9 Å². The summed E-state index contributed by atoms with van der Waals surface area (Å²) in [6, 6.07) is 4.11. The Kier molecular flexibility index (Phi) is 14.8. The summed E-state index contributed by atoms with van der Waals surface area (Å²) in [7, 11) is 0. The molecule has 2 aliphatic heterocycles. The van der Waals surface area contributed by atoms with Crippen molar-refractivity contribution in [1.29, 1.82) is 0 Å². The third kappa shape index (κ3) is 10.5. The summed E-state index contributed by atoms with van der Waals surface area (Å²) in [6.07, 6.45) is 1.16. The Morgan fingerprint density at radius 1 is 1.06 bits per heavy atom. The van der Waals surface area contributed by atoms with Gasteiger partial charge in [-0.15, -0.1) is 34.9 Å². The molecule has 0 saturated carbocycles. The van der Waals surface area contributed by atoms with Crippen LogP contribution in [-0.2, 0) is 33.6 Å². The molecule has 2 aliphatic rings. The van der Waals surface area contributed by atoms with Crippen LogP contribution >= 0.6 is 34.9 Å². The molecule has 5 heterocycles.